The highest BCUT2D eigenvalue weighted by Crippen LogP contribution is 2.46. The molecule has 18 heavy (non-hydrogen) atoms. The molecule has 1 fully saturated rings. The second-order valence-corrected chi connectivity index (χ2v) is 5.92. The van der Waals surface area contributed by atoms with E-state index in [1.54, 1.807) is 0 Å². The lowest BCUT2D eigenvalue weighted by Gasteiger charge is -2.30. The Balaban J connectivity index is 1.94. The first-order valence-corrected chi connectivity index (χ1v) is 7.23. The van der Waals surface area contributed by atoms with E-state index in [1.165, 1.54) is 36.8 Å². The van der Waals surface area contributed by atoms with E-state index in [0.29, 0.717) is 12.5 Å². The SMILES string of the molecule is CNCC(O)(c1ccc2c(c1)CCCC2)C1CC1. The average molecular weight is 245 g/mol. The monoisotopic (exact) mass is 245 g/mol. The molecule has 2 N–H and O–H groups in total. The number of hydrogen-bond donors (Lipinski definition) is 2. The van der Waals surface area contributed by atoms with Crippen LogP contribution in [0.2, 0.25) is 0 Å². The normalized spacial score (nSPS) is 22.3. The summed E-state index contributed by atoms with van der Waals surface area (Å²) in [7, 11) is 1.92. The van der Waals surface area contributed by atoms with Gasteiger partial charge in [0.2, 0.25) is 0 Å². The summed E-state index contributed by atoms with van der Waals surface area (Å²) in [6, 6.07) is 6.66. The largest absolute Gasteiger partial charge is 0.384 e. The summed E-state index contributed by atoms with van der Waals surface area (Å²) >= 11 is 0. The molecule has 0 heterocycles. The molecule has 0 spiro atoms. The van der Waals surface area contributed by atoms with E-state index >= 15 is 0 Å². The number of fused-ring (bicyclic) bond motifs is 1. The van der Waals surface area contributed by atoms with Crippen molar-refractivity contribution in [3.63, 3.8) is 0 Å². The summed E-state index contributed by atoms with van der Waals surface area (Å²) in [4.78, 5) is 0. The first-order valence-electron chi connectivity index (χ1n) is 7.23. The molecule has 0 amide bonds. The third-order valence-electron chi connectivity index (χ3n) is 4.55. The maximum Gasteiger partial charge on any atom is 0.105 e. The van der Waals surface area contributed by atoms with Crippen molar-refractivity contribution < 1.29 is 5.11 Å². The molecule has 0 bridgehead atoms. The number of nitrogens with one attached hydrogen (secondary N) is 1. The van der Waals surface area contributed by atoms with Crippen LogP contribution in [-0.4, -0.2) is 18.7 Å². The van der Waals surface area contributed by atoms with E-state index in [1.807, 2.05) is 7.05 Å². The predicted molar refractivity (Wildman–Crippen MR) is 73.6 cm³/mol. The lowest BCUT2D eigenvalue weighted by molar-refractivity contribution is 0.0152. The van der Waals surface area contributed by atoms with E-state index in [-0.39, 0.29) is 0 Å². The highest BCUT2D eigenvalue weighted by atomic mass is 16.3. The van der Waals surface area contributed by atoms with Gasteiger partial charge >= 0.3 is 0 Å². The van der Waals surface area contributed by atoms with Gasteiger partial charge in [-0.05, 0) is 68.2 Å². The summed E-state index contributed by atoms with van der Waals surface area (Å²) in [5.41, 5.74) is 3.43. The van der Waals surface area contributed by atoms with Gasteiger partial charge in [-0.1, -0.05) is 18.2 Å². The number of benzene rings is 1. The van der Waals surface area contributed by atoms with Gasteiger partial charge in [0.1, 0.15) is 5.60 Å². The van der Waals surface area contributed by atoms with Gasteiger partial charge in [0.15, 0.2) is 0 Å². The molecule has 0 aromatic heterocycles. The third kappa shape index (κ3) is 2.08. The van der Waals surface area contributed by atoms with Crippen LogP contribution in [0.5, 0.6) is 0 Å². The maximum atomic E-state index is 11.0. The maximum absolute atomic E-state index is 11.0. The van der Waals surface area contributed by atoms with Crippen molar-refractivity contribution in [3.8, 4) is 0 Å². The highest BCUT2D eigenvalue weighted by molar-refractivity contribution is 5.37. The fraction of sp³-hybridized carbons (Fsp3) is 0.625. The predicted octanol–water partition coefficient (Wildman–Crippen LogP) is 2.38. The molecular weight excluding hydrogens is 222 g/mol. The Morgan fingerprint density at radius 2 is 1.94 bits per heavy atom. The lowest BCUT2D eigenvalue weighted by atomic mass is 9.83. The van der Waals surface area contributed by atoms with Gasteiger partial charge in [-0.25, -0.2) is 0 Å². The Kier molecular flexibility index (Phi) is 3.16. The summed E-state index contributed by atoms with van der Waals surface area (Å²) in [5, 5.41) is 14.1. The fourth-order valence-electron chi connectivity index (χ4n) is 3.32. The Hall–Kier alpha value is -0.860. The Morgan fingerprint density at radius 3 is 2.61 bits per heavy atom. The van der Waals surface area contributed by atoms with Crippen molar-refractivity contribution in [1.29, 1.82) is 0 Å². The molecule has 0 radical (unpaired) electrons. The minimum Gasteiger partial charge on any atom is -0.384 e. The van der Waals surface area contributed by atoms with E-state index in [9.17, 15) is 5.11 Å². The molecular formula is C16H23NO. The Labute approximate surface area is 109 Å². The molecule has 3 rings (SSSR count). The molecule has 2 heteroatoms. The van der Waals surface area contributed by atoms with Crippen molar-refractivity contribution in [2.24, 2.45) is 5.92 Å². The van der Waals surface area contributed by atoms with Crippen molar-refractivity contribution in [2.75, 3.05) is 13.6 Å². The van der Waals surface area contributed by atoms with E-state index < -0.39 is 5.60 Å². The number of aryl methyl sites for hydroxylation is 2. The van der Waals surface area contributed by atoms with E-state index in [2.05, 4.69) is 23.5 Å². The Bertz CT molecular complexity index is 439. The van der Waals surface area contributed by atoms with Crippen LogP contribution >= 0.6 is 0 Å². The van der Waals surface area contributed by atoms with E-state index in [0.717, 1.165) is 18.4 Å². The molecule has 0 saturated heterocycles. The van der Waals surface area contributed by atoms with Crippen LogP contribution in [0.25, 0.3) is 0 Å². The topological polar surface area (TPSA) is 32.3 Å². The molecule has 2 aliphatic rings. The third-order valence-corrected chi connectivity index (χ3v) is 4.55. The van der Waals surface area contributed by atoms with Crippen molar-refractivity contribution in [1.82, 2.24) is 5.32 Å². The summed E-state index contributed by atoms with van der Waals surface area (Å²) in [5.74, 6) is 0.451. The first-order chi connectivity index (χ1) is 8.74. The summed E-state index contributed by atoms with van der Waals surface area (Å²) < 4.78 is 0. The minimum atomic E-state index is -0.652. The second-order valence-electron chi connectivity index (χ2n) is 5.92. The van der Waals surface area contributed by atoms with Gasteiger partial charge in [-0.2, -0.15) is 0 Å². The quantitative estimate of drug-likeness (QED) is 0.853. The lowest BCUT2D eigenvalue weighted by Crippen LogP contribution is -2.39. The van der Waals surface area contributed by atoms with Crippen LogP contribution in [0.4, 0.5) is 0 Å². The number of hydrogen-bond acceptors (Lipinski definition) is 2. The van der Waals surface area contributed by atoms with Gasteiger partial charge in [-0.15, -0.1) is 0 Å². The van der Waals surface area contributed by atoms with E-state index in [4.69, 9.17) is 0 Å². The minimum absolute atomic E-state index is 0.451. The molecule has 1 unspecified atom stereocenters. The number of rotatable bonds is 4. The van der Waals surface area contributed by atoms with Crippen molar-refractivity contribution in [3.05, 3.63) is 34.9 Å². The van der Waals surface area contributed by atoms with Crippen LogP contribution in [0.1, 0.15) is 42.4 Å². The first kappa shape index (κ1) is 12.2. The Morgan fingerprint density at radius 1 is 1.22 bits per heavy atom. The molecule has 2 aliphatic carbocycles. The zero-order chi connectivity index (χ0) is 12.6. The zero-order valence-electron chi connectivity index (χ0n) is 11.2. The van der Waals surface area contributed by atoms with Gasteiger partial charge in [0.05, 0.1) is 0 Å². The molecule has 1 saturated carbocycles. The van der Waals surface area contributed by atoms with Crippen LogP contribution in [-0.2, 0) is 18.4 Å². The molecule has 2 nitrogen and oxygen atoms in total. The van der Waals surface area contributed by atoms with Crippen LogP contribution in [0.3, 0.4) is 0 Å². The highest BCUT2D eigenvalue weighted by Gasteiger charge is 2.44. The molecule has 1 aromatic rings. The van der Waals surface area contributed by atoms with Gasteiger partial charge in [0, 0.05) is 6.54 Å². The van der Waals surface area contributed by atoms with Crippen LogP contribution < -0.4 is 5.32 Å². The molecule has 0 aliphatic heterocycles. The van der Waals surface area contributed by atoms with Crippen molar-refractivity contribution in [2.45, 2.75) is 44.1 Å². The zero-order valence-corrected chi connectivity index (χ0v) is 11.2. The standard InChI is InChI=1S/C16H23NO/c1-17-11-16(18,14-8-9-14)15-7-6-12-4-2-3-5-13(12)10-15/h6-7,10,14,17-18H,2-5,8-9,11H2,1H3. The summed E-state index contributed by atoms with van der Waals surface area (Å²) in [6.45, 7) is 0.663. The molecule has 98 valence electrons. The summed E-state index contributed by atoms with van der Waals surface area (Å²) in [6.07, 6.45) is 7.33. The van der Waals surface area contributed by atoms with Crippen LogP contribution in [0.15, 0.2) is 18.2 Å². The van der Waals surface area contributed by atoms with Crippen molar-refractivity contribution >= 4 is 0 Å². The van der Waals surface area contributed by atoms with Crippen LogP contribution in [0, 0.1) is 5.92 Å². The number of aliphatic hydroxyl groups is 1. The fourth-order valence-corrected chi connectivity index (χ4v) is 3.32. The average Bonchev–Trinajstić information content (AvgIpc) is 3.23. The van der Waals surface area contributed by atoms with Gasteiger partial charge in [-0.3, -0.25) is 0 Å². The number of likely N-dealkylation sites (N-methyl/N-ethyl adjacent to an activating group) is 1. The smallest absolute Gasteiger partial charge is 0.105 e. The van der Waals surface area contributed by atoms with Gasteiger partial charge < -0.3 is 10.4 Å². The second kappa shape index (κ2) is 4.67. The molecule has 1 aromatic carbocycles. The molecule has 1 atom stereocenters. The van der Waals surface area contributed by atoms with Gasteiger partial charge in [0.25, 0.3) is 0 Å².